The van der Waals surface area contributed by atoms with E-state index in [9.17, 15) is 4.79 Å². The number of benzene rings is 2. The Balaban J connectivity index is 1.25. The number of thiophene rings is 1. The predicted octanol–water partition coefficient (Wildman–Crippen LogP) is 4.31. The van der Waals surface area contributed by atoms with Crippen molar-refractivity contribution in [1.82, 2.24) is 19.9 Å². The van der Waals surface area contributed by atoms with Crippen LogP contribution < -0.4 is 4.74 Å². The fourth-order valence-electron chi connectivity index (χ4n) is 3.96. The van der Waals surface area contributed by atoms with Crippen molar-refractivity contribution in [2.24, 2.45) is 0 Å². The minimum Gasteiger partial charge on any atom is -0.493 e. The molecule has 8 heteroatoms. The van der Waals surface area contributed by atoms with E-state index >= 15 is 0 Å². The molecule has 5 rings (SSSR count). The molecule has 2 aromatic carbocycles. The number of ether oxygens (including phenoxy) is 1. The van der Waals surface area contributed by atoms with Gasteiger partial charge in [-0.3, -0.25) is 9.69 Å². The summed E-state index contributed by atoms with van der Waals surface area (Å²) < 4.78 is 11.2. The molecular weight excluding hydrogens is 424 g/mol. The summed E-state index contributed by atoms with van der Waals surface area (Å²) in [7, 11) is 0. The average Bonchev–Trinajstić information content (AvgIpc) is 3.51. The Kier molecular flexibility index (Phi) is 5.87. The lowest BCUT2D eigenvalue weighted by Gasteiger charge is -2.34. The van der Waals surface area contributed by atoms with Crippen molar-refractivity contribution in [3.63, 3.8) is 0 Å². The van der Waals surface area contributed by atoms with Crippen LogP contribution in [0.25, 0.3) is 21.5 Å². The van der Waals surface area contributed by atoms with Gasteiger partial charge in [-0.05, 0) is 41.3 Å². The molecule has 7 nitrogen and oxygen atoms in total. The van der Waals surface area contributed by atoms with E-state index in [-0.39, 0.29) is 5.91 Å². The Morgan fingerprint density at radius 3 is 2.59 bits per heavy atom. The molecule has 0 aliphatic carbocycles. The van der Waals surface area contributed by atoms with Gasteiger partial charge in [-0.25, -0.2) is 0 Å². The van der Waals surface area contributed by atoms with Crippen LogP contribution in [0.5, 0.6) is 5.75 Å². The second-order valence-corrected chi connectivity index (χ2v) is 8.63. The molecule has 1 saturated heterocycles. The van der Waals surface area contributed by atoms with Gasteiger partial charge in [0.1, 0.15) is 5.75 Å². The van der Waals surface area contributed by atoms with Gasteiger partial charge in [-0.15, -0.1) is 11.3 Å². The zero-order valence-corrected chi connectivity index (χ0v) is 18.7. The summed E-state index contributed by atoms with van der Waals surface area (Å²) in [6.07, 6.45) is 0. The van der Waals surface area contributed by atoms with E-state index in [0.29, 0.717) is 49.3 Å². The van der Waals surface area contributed by atoms with Gasteiger partial charge in [0, 0.05) is 26.2 Å². The number of piperazine rings is 1. The van der Waals surface area contributed by atoms with E-state index in [1.54, 1.807) is 11.3 Å². The number of nitrogens with zero attached hydrogens (tertiary/aromatic N) is 4. The molecule has 0 unspecified atom stereocenters. The molecule has 0 spiro atoms. The van der Waals surface area contributed by atoms with E-state index in [0.717, 1.165) is 28.7 Å². The first kappa shape index (κ1) is 20.7. The van der Waals surface area contributed by atoms with Crippen LogP contribution in [-0.2, 0) is 6.54 Å². The Bertz CT molecular complexity index is 1210. The van der Waals surface area contributed by atoms with E-state index in [1.807, 2.05) is 65.7 Å². The van der Waals surface area contributed by atoms with Crippen LogP contribution in [-0.4, -0.2) is 58.6 Å². The number of amides is 1. The number of hydrogen-bond donors (Lipinski definition) is 0. The summed E-state index contributed by atoms with van der Waals surface area (Å²) >= 11 is 1.59. The number of aromatic nitrogens is 2. The van der Waals surface area contributed by atoms with Crippen LogP contribution in [0, 0.1) is 0 Å². The van der Waals surface area contributed by atoms with Crippen molar-refractivity contribution in [3.05, 3.63) is 65.4 Å². The van der Waals surface area contributed by atoms with Crippen LogP contribution in [0.2, 0.25) is 0 Å². The third kappa shape index (κ3) is 4.24. The zero-order valence-electron chi connectivity index (χ0n) is 17.9. The van der Waals surface area contributed by atoms with Crippen LogP contribution in [0.1, 0.15) is 23.2 Å². The average molecular weight is 449 g/mol. The maximum atomic E-state index is 13.3. The van der Waals surface area contributed by atoms with E-state index in [4.69, 9.17) is 9.26 Å². The van der Waals surface area contributed by atoms with Crippen molar-refractivity contribution >= 4 is 28.0 Å². The number of rotatable bonds is 6. The molecule has 32 heavy (non-hydrogen) atoms. The minimum absolute atomic E-state index is 0.0108. The number of fused-ring (bicyclic) bond motifs is 1. The van der Waals surface area contributed by atoms with Crippen molar-refractivity contribution in [2.45, 2.75) is 13.5 Å². The lowest BCUT2D eigenvalue weighted by Crippen LogP contribution is -2.48. The standard InChI is InChI=1S/C24H24N4O3S/c1-2-30-20-15-18-7-4-3-6-17(18)14-19(20)24(29)28-11-9-27(10-12-28)16-22-25-23(26-31-22)21-8-5-13-32-21/h3-8,13-15H,2,9-12,16H2,1H3. The van der Waals surface area contributed by atoms with Crippen LogP contribution in [0.15, 0.2) is 58.4 Å². The highest BCUT2D eigenvalue weighted by Crippen LogP contribution is 2.28. The van der Waals surface area contributed by atoms with Crippen LogP contribution in [0.4, 0.5) is 0 Å². The number of carbonyl (C=O) groups excluding carboxylic acids is 1. The molecule has 3 heterocycles. The first-order chi connectivity index (χ1) is 15.7. The second-order valence-electron chi connectivity index (χ2n) is 7.69. The van der Waals surface area contributed by atoms with Crippen molar-refractivity contribution < 1.29 is 14.1 Å². The minimum atomic E-state index is 0.0108. The van der Waals surface area contributed by atoms with E-state index in [1.165, 1.54) is 0 Å². The summed E-state index contributed by atoms with van der Waals surface area (Å²) in [6, 6.07) is 15.9. The highest BCUT2D eigenvalue weighted by atomic mass is 32.1. The van der Waals surface area contributed by atoms with Gasteiger partial charge in [0.05, 0.1) is 23.6 Å². The van der Waals surface area contributed by atoms with Gasteiger partial charge >= 0.3 is 0 Å². The van der Waals surface area contributed by atoms with E-state index < -0.39 is 0 Å². The molecule has 164 valence electrons. The fourth-order valence-corrected chi connectivity index (χ4v) is 4.61. The molecular formula is C24H24N4O3S. The molecule has 0 saturated carbocycles. The first-order valence-electron chi connectivity index (χ1n) is 10.7. The first-order valence-corrected chi connectivity index (χ1v) is 11.6. The lowest BCUT2D eigenvalue weighted by atomic mass is 10.0. The maximum absolute atomic E-state index is 13.3. The highest BCUT2D eigenvalue weighted by Gasteiger charge is 2.26. The Morgan fingerprint density at radius 1 is 1.09 bits per heavy atom. The van der Waals surface area contributed by atoms with Gasteiger partial charge < -0.3 is 14.2 Å². The molecule has 1 aliphatic heterocycles. The second kappa shape index (κ2) is 9.10. The monoisotopic (exact) mass is 448 g/mol. The van der Waals surface area contributed by atoms with E-state index in [2.05, 4.69) is 15.0 Å². The fraction of sp³-hybridized carbons (Fsp3) is 0.292. The maximum Gasteiger partial charge on any atom is 0.257 e. The third-order valence-corrected chi connectivity index (χ3v) is 6.47. The summed E-state index contributed by atoms with van der Waals surface area (Å²) in [5.74, 6) is 1.88. The Morgan fingerprint density at radius 2 is 1.88 bits per heavy atom. The van der Waals surface area contributed by atoms with Gasteiger partial charge in [-0.1, -0.05) is 35.5 Å². The molecule has 1 amide bonds. The van der Waals surface area contributed by atoms with Gasteiger partial charge in [0.15, 0.2) is 0 Å². The molecule has 0 N–H and O–H groups in total. The Hall–Kier alpha value is -3.23. The lowest BCUT2D eigenvalue weighted by molar-refractivity contribution is 0.0611. The van der Waals surface area contributed by atoms with Crippen molar-refractivity contribution in [1.29, 1.82) is 0 Å². The summed E-state index contributed by atoms with van der Waals surface area (Å²) in [6.45, 7) is 5.82. The summed E-state index contributed by atoms with van der Waals surface area (Å²) in [5.41, 5.74) is 0.622. The number of carbonyl (C=O) groups is 1. The molecule has 4 aromatic rings. The molecule has 0 radical (unpaired) electrons. The van der Waals surface area contributed by atoms with Gasteiger partial charge in [0.2, 0.25) is 11.7 Å². The SMILES string of the molecule is CCOc1cc2ccccc2cc1C(=O)N1CCN(Cc2nc(-c3cccs3)no2)CC1. The van der Waals surface area contributed by atoms with Crippen LogP contribution >= 0.6 is 11.3 Å². The Labute approximate surface area is 190 Å². The third-order valence-electron chi connectivity index (χ3n) is 5.61. The molecule has 2 aromatic heterocycles. The van der Waals surface area contributed by atoms with Crippen molar-refractivity contribution in [3.8, 4) is 16.5 Å². The van der Waals surface area contributed by atoms with Crippen LogP contribution in [0.3, 0.4) is 0 Å². The molecule has 1 fully saturated rings. The zero-order chi connectivity index (χ0) is 21.9. The van der Waals surface area contributed by atoms with Crippen molar-refractivity contribution in [2.75, 3.05) is 32.8 Å². The normalized spacial score (nSPS) is 14.7. The molecule has 1 aliphatic rings. The summed E-state index contributed by atoms with van der Waals surface area (Å²) in [5, 5.41) is 8.18. The van der Waals surface area contributed by atoms with Gasteiger partial charge in [-0.2, -0.15) is 4.98 Å². The smallest absolute Gasteiger partial charge is 0.257 e. The molecule has 0 atom stereocenters. The summed E-state index contributed by atoms with van der Waals surface area (Å²) in [4.78, 5) is 23.0. The predicted molar refractivity (Wildman–Crippen MR) is 124 cm³/mol. The van der Waals surface area contributed by atoms with Gasteiger partial charge in [0.25, 0.3) is 5.91 Å². The topological polar surface area (TPSA) is 71.7 Å². The molecule has 0 bridgehead atoms. The largest absolute Gasteiger partial charge is 0.493 e. The highest BCUT2D eigenvalue weighted by molar-refractivity contribution is 7.13. The number of hydrogen-bond acceptors (Lipinski definition) is 7. The quantitative estimate of drug-likeness (QED) is 0.438.